The molecule has 1 saturated carbocycles. The summed E-state index contributed by atoms with van der Waals surface area (Å²) >= 11 is 0. The second-order valence-electron chi connectivity index (χ2n) is 8.05. The Morgan fingerprint density at radius 3 is 2.57 bits per heavy atom. The van der Waals surface area contributed by atoms with Crippen LogP contribution in [0, 0.1) is 30.5 Å². The smallest absolute Gasteiger partial charge is 0.406 e. The summed E-state index contributed by atoms with van der Waals surface area (Å²) in [6.07, 6.45) is -4.79. The lowest BCUT2D eigenvalue weighted by molar-refractivity contribution is -0.274. The van der Waals surface area contributed by atoms with E-state index >= 15 is 0 Å². The van der Waals surface area contributed by atoms with Crippen molar-refractivity contribution in [2.45, 2.75) is 19.8 Å². The Morgan fingerprint density at radius 1 is 1.17 bits per heavy atom. The molecule has 8 heteroatoms. The van der Waals surface area contributed by atoms with Gasteiger partial charge in [-0.15, -0.1) is 13.2 Å². The van der Waals surface area contributed by atoms with Crippen molar-refractivity contribution < 1.29 is 27.1 Å². The number of rotatable bonds is 6. The van der Waals surface area contributed by atoms with E-state index in [9.17, 15) is 22.4 Å². The van der Waals surface area contributed by atoms with Crippen LogP contribution in [-0.2, 0) is 6.54 Å². The lowest BCUT2D eigenvalue weighted by Gasteiger charge is -2.20. The van der Waals surface area contributed by atoms with Crippen LogP contribution in [0.1, 0.15) is 21.5 Å². The quantitative estimate of drug-likeness (QED) is 0.712. The number of nitrogens with one attached hydrogen (secondary N) is 1. The number of carbonyl (C=O) groups is 1. The van der Waals surface area contributed by atoms with Gasteiger partial charge in [-0.25, -0.2) is 4.39 Å². The first-order valence-electron chi connectivity index (χ1n) is 9.81. The number of hydrogen-bond donors (Lipinski definition) is 1. The molecule has 4 nitrogen and oxygen atoms in total. The van der Waals surface area contributed by atoms with E-state index in [1.807, 2.05) is 6.07 Å². The van der Waals surface area contributed by atoms with E-state index in [-0.39, 0.29) is 11.4 Å². The second kappa shape index (κ2) is 7.91. The Bertz CT molecular complexity index is 935. The van der Waals surface area contributed by atoms with Gasteiger partial charge < -0.3 is 10.1 Å². The number of likely N-dealkylation sites (tertiary alicyclic amines) is 1. The molecule has 1 N–H and O–H groups in total. The topological polar surface area (TPSA) is 41.6 Å². The van der Waals surface area contributed by atoms with Crippen LogP contribution in [-0.4, -0.2) is 36.8 Å². The van der Waals surface area contributed by atoms with Gasteiger partial charge in [0.15, 0.2) is 0 Å². The van der Waals surface area contributed by atoms with Gasteiger partial charge in [0.05, 0.1) is 0 Å². The molecule has 2 fully saturated rings. The van der Waals surface area contributed by atoms with E-state index in [0.29, 0.717) is 29.9 Å². The van der Waals surface area contributed by atoms with Gasteiger partial charge in [-0.3, -0.25) is 9.69 Å². The van der Waals surface area contributed by atoms with Crippen LogP contribution >= 0.6 is 0 Å². The Balaban J connectivity index is 1.24. The van der Waals surface area contributed by atoms with Crippen LogP contribution in [0.5, 0.6) is 5.75 Å². The number of carbonyl (C=O) groups excluding carboxylic acids is 1. The zero-order chi connectivity index (χ0) is 21.5. The molecule has 2 aromatic carbocycles. The highest BCUT2D eigenvalue weighted by atomic mass is 19.4. The molecule has 1 aliphatic heterocycles. The number of ether oxygens (including phenoxy) is 1. The Morgan fingerprint density at radius 2 is 1.90 bits per heavy atom. The van der Waals surface area contributed by atoms with Crippen molar-refractivity contribution in [3.63, 3.8) is 0 Å². The average molecular weight is 422 g/mol. The van der Waals surface area contributed by atoms with Gasteiger partial charge in [-0.2, -0.15) is 0 Å². The first kappa shape index (κ1) is 20.7. The van der Waals surface area contributed by atoms with Crippen LogP contribution < -0.4 is 10.1 Å². The molecule has 2 atom stereocenters. The third kappa shape index (κ3) is 4.75. The number of fused-ring (bicyclic) bond motifs is 1. The summed E-state index contributed by atoms with van der Waals surface area (Å²) in [5.74, 6) is 0.374. The van der Waals surface area contributed by atoms with Gasteiger partial charge in [-0.05, 0) is 60.1 Å². The highest BCUT2D eigenvalue weighted by Gasteiger charge is 2.55. The number of piperidine rings is 1. The van der Waals surface area contributed by atoms with E-state index in [4.69, 9.17) is 0 Å². The lowest BCUT2D eigenvalue weighted by Crippen LogP contribution is -2.30. The Kier molecular flexibility index (Phi) is 5.44. The molecule has 1 heterocycles. The minimum absolute atomic E-state index is 0.135. The summed E-state index contributed by atoms with van der Waals surface area (Å²) in [7, 11) is 0. The van der Waals surface area contributed by atoms with Crippen molar-refractivity contribution in [3.8, 4) is 5.75 Å². The largest absolute Gasteiger partial charge is 0.573 e. The predicted molar refractivity (Wildman–Crippen MR) is 102 cm³/mol. The van der Waals surface area contributed by atoms with E-state index < -0.39 is 18.0 Å². The van der Waals surface area contributed by atoms with Crippen LogP contribution in [0.4, 0.5) is 17.6 Å². The fraction of sp³-hybridized carbons (Fsp3) is 0.409. The summed E-state index contributed by atoms with van der Waals surface area (Å²) in [5.41, 5.74) is 1.86. The average Bonchev–Trinajstić information content (AvgIpc) is 3.12. The fourth-order valence-electron chi connectivity index (χ4n) is 4.38. The van der Waals surface area contributed by atoms with Crippen LogP contribution in [0.15, 0.2) is 42.5 Å². The van der Waals surface area contributed by atoms with Gasteiger partial charge in [0.2, 0.25) is 0 Å². The first-order valence-corrected chi connectivity index (χ1v) is 9.81. The van der Waals surface area contributed by atoms with E-state index in [1.165, 1.54) is 18.2 Å². The van der Waals surface area contributed by atoms with Gasteiger partial charge in [0.1, 0.15) is 11.6 Å². The minimum Gasteiger partial charge on any atom is -0.406 e. The molecule has 30 heavy (non-hydrogen) atoms. The van der Waals surface area contributed by atoms with Crippen LogP contribution in [0.2, 0.25) is 0 Å². The van der Waals surface area contributed by atoms with Crippen molar-refractivity contribution in [3.05, 3.63) is 65.0 Å². The summed E-state index contributed by atoms with van der Waals surface area (Å²) < 4.78 is 54.2. The number of aryl methyl sites for hydroxylation is 1. The normalized spacial score (nSPS) is 23.2. The fourth-order valence-corrected chi connectivity index (χ4v) is 4.38. The number of benzene rings is 2. The molecule has 1 aliphatic carbocycles. The molecular formula is C22H22F4N2O2. The van der Waals surface area contributed by atoms with Crippen LogP contribution in [0.25, 0.3) is 0 Å². The highest BCUT2D eigenvalue weighted by molar-refractivity contribution is 5.94. The molecular weight excluding hydrogens is 400 g/mol. The van der Waals surface area contributed by atoms with E-state index in [0.717, 1.165) is 37.3 Å². The maximum Gasteiger partial charge on any atom is 0.573 e. The second-order valence-corrected chi connectivity index (χ2v) is 8.05. The van der Waals surface area contributed by atoms with Crippen molar-refractivity contribution in [2.75, 3.05) is 19.6 Å². The molecule has 0 spiro atoms. The third-order valence-corrected chi connectivity index (χ3v) is 5.90. The highest BCUT2D eigenvalue weighted by Crippen LogP contribution is 2.51. The summed E-state index contributed by atoms with van der Waals surface area (Å²) in [4.78, 5) is 14.6. The zero-order valence-corrected chi connectivity index (χ0v) is 16.4. The summed E-state index contributed by atoms with van der Waals surface area (Å²) in [6.45, 7) is 4.89. The molecule has 2 unspecified atom stereocenters. The van der Waals surface area contributed by atoms with Gasteiger partial charge in [-0.1, -0.05) is 18.2 Å². The molecule has 0 bridgehead atoms. The molecule has 0 radical (unpaired) electrons. The molecule has 2 aromatic rings. The lowest BCUT2D eigenvalue weighted by atomic mass is 10.1. The van der Waals surface area contributed by atoms with Gasteiger partial charge in [0, 0.05) is 31.7 Å². The third-order valence-electron chi connectivity index (χ3n) is 5.90. The number of halogens is 4. The molecule has 2 aliphatic rings. The van der Waals surface area contributed by atoms with E-state index in [2.05, 4.69) is 15.0 Å². The molecule has 1 saturated heterocycles. The number of amides is 1. The SMILES string of the molecule is Cc1cc(CN2CC3C(CNC(=O)c4cccc(OC(F)(F)F)c4)C3C2)ccc1F. The molecule has 1 amide bonds. The Hall–Kier alpha value is -2.61. The molecule has 4 rings (SSSR count). The zero-order valence-electron chi connectivity index (χ0n) is 16.4. The van der Waals surface area contributed by atoms with Gasteiger partial charge >= 0.3 is 6.36 Å². The van der Waals surface area contributed by atoms with Crippen LogP contribution in [0.3, 0.4) is 0 Å². The van der Waals surface area contributed by atoms with Crippen molar-refractivity contribution in [1.82, 2.24) is 10.2 Å². The predicted octanol–water partition coefficient (Wildman–Crippen LogP) is 4.14. The summed E-state index contributed by atoms with van der Waals surface area (Å²) in [6, 6.07) is 10.2. The molecule has 0 aromatic heterocycles. The maximum atomic E-state index is 13.4. The van der Waals surface area contributed by atoms with E-state index in [1.54, 1.807) is 13.0 Å². The van der Waals surface area contributed by atoms with Crippen molar-refractivity contribution >= 4 is 5.91 Å². The Labute approximate surface area is 171 Å². The standard InChI is InChI=1S/C22H22F4N2O2/c1-13-7-14(5-6-20(13)23)10-28-11-18-17(19(18)12-28)9-27-21(29)15-3-2-4-16(8-15)30-22(24,25)26/h2-8,17-19H,9-12H2,1H3,(H,27,29). The summed E-state index contributed by atoms with van der Waals surface area (Å²) in [5, 5.41) is 2.82. The number of alkyl halides is 3. The van der Waals surface area contributed by atoms with Gasteiger partial charge in [0.25, 0.3) is 5.91 Å². The van der Waals surface area contributed by atoms with Crippen molar-refractivity contribution in [1.29, 1.82) is 0 Å². The first-order chi connectivity index (χ1) is 14.2. The number of nitrogens with zero attached hydrogens (tertiary/aromatic N) is 1. The minimum atomic E-state index is -4.79. The van der Waals surface area contributed by atoms with Crippen molar-refractivity contribution in [2.24, 2.45) is 17.8 Å². The number of hydrogen-bond acceptors (Lipinski definition) is 3. The molecule has 160 valence electrons. The maximum absolute atomic E-state index is 13.4. The monoisotopic (exact) mass is 422 g/mol.